The minimum absolute atomic E-state index is 0.955. The number of hydrogen-bond acceptors (Lipinski definition) is 2. The van der Waals surface area contributed by atoms with Crippen molar-refractivity contribution < 1.29 is 0 Å². The molecule has 0 saturated heterocycles. The SMILES string of the molecule is C1=CCC(=C2Nc3ccccc3N2c2ccccc2)C=C1. The molecule has 21 heavy (non-hydrogen) atoms. The van der Waals surface area contributed by atoms with Gasteiger partial charge in [-0.15, -0.1) is 0 Å². The molecule has 0 atom stereocenters. The van der Waals surface area contributed by atoms with E-state index < -0.39 is 0 Å². The van der Waals surface area contributed by atoms with Crippen LogP contribution < -0.4 is 10.2 Å². The van der Waals surface area contributed by atoms with Crippen molar-refractivity contribution in [1.82, 2.24) is 0 Å². The Labute approximate surface area is 124 Å². The summed E-state index contributed by atoms with van der Waals surface area (Å²) in [5.41, 5.74) is 4.85. The van der Waals surface area contributed by atoms with Crippen LogP contribution in [0, 0.1) is 0 Å². The Kier molecular flexibility index (Phi) is 2.86. The molecule has 2 heteroatoms. The van der Waals surface area contributed by atoms with Gasteiger partial charge in [-0.2, -0.15) is 0 Å². The summed E-state index contributed by atoms with van der Waals surface area (Å²) in [6.45, 7) is 0. The van der Waals surface area contributed by atoms with Gasteiger partial charge in [-0.1, -0.05) is 54.6 Å². The number of nitrogens with one attached hydrogen (secondary N) is 1. The Morgan fingerprint density at radius 3 is 2.48 bits per heavy atom. The van der Waals surface area contributed by atoms with Crippen molar-refractivity contribution in [1.29, 1.82) is 0 Å². The molecule has 1 aliphatic heterocycles. The fraction of sp³-hybridized carbons (Fsp3) is 0.0526. The van der Waals surface area contributed by atoms with E-state index in [1.54, 1.807) is 0 Å². The fourth-order valence-electron chi connectivity index (χ4n) is 2.84. The topological polar surface area (TPSA) is 15.3 Å². The summed E-state index contributed by atoms with van der Waals surface area (Å²) >= 11 is 0. The van der Waals surface area contributed by atoms with Gasteiger partial charge in [0.05, 0.1) is 11.4 Å². The zero-order valence-electron chi connectivity index (χ0n) is 11.7. The Hall–Kier alpha value is -2.74. The predicted octanol–water partition coefficient (Wildman–Crippen LogP) is 4.98. The average molecular weight is 272 g/mol. The highest BCUT2D eigenvalue weighted by Crippen LogP contribution is 2.43. The lowest BCUT2D eigenvalue weighted by atomic mass is 10.1. The third-order valence-electron chi connectivity index (χ3n) is 3.82. The number of hydrogen-bond donors (Lipinski definition) is 1. The number of anilines is 3. The van der Waals surface area contributed by atoms with E-state index in [1.165, 1.54) is 16.9 Å². The number of para-hydroxylation sites is 3. The van der Waals surface area contributed by atoms with E-state index in [4.69, 9.17) is 0 Å². The van der Waals surface area contributed by atoms with Crippen molar-refractivity contribution in [2.75, 3.05) is 10.2 Å². The maximum absolute atomic E-state index is 3.57. The van der Waals surface area contributed by atoms with Gasteiger partial charge >= 0.3 is 0 Å². The first-order valence-corrected chi connectivity index (χ1v) is 7.21. The summed E-state index contributed by atoms with van der Waals surface area (Å²) in [6.07, 6.45) is 9.52. The first-order valence-electron chi connectivity index (χ1n) is 7.21. The van der Waals surface area contributed by atoms with Crippen molar-refractivity contribution >= 4 is 17.1 Å². The third kappa shape index (κ3) is 2.05. The number of rotatable bonds is 1. The molecule has 2 aromatic rings. The maximum Gasteiger partial charge on any atom is 0.119 e. The van der Waals surface area contributed by atoms with Gasteiger partial charge in [0.25, 0.3) is 0 Å². The Morgan fingerprint density at radius 1 is 0.857 bits per heavy atom. The lowest BCUT2D eigenvalue weighted by Crippen LogP contribution is -2.16. The van der Waals surface area contributed by atoms with E-state index in [0.29, 0.717) is 0 Å². The average Bonchev–Trinajstić information content (AvgIpc) is 2.96. The quantitative estimate of drug-likeness (QED) is 0.787. The second kappa shape index (κ2) is 4.98. The van der Waals surface area contributed by atoms with Gasteiger partial charge in [0.15, 0.2) is 0 Å². The smallest absolute Gasteiger partial charge is 0.119 e. The second-order valence-electron chi connectivity index (χ2n) is 5.18. The van der Waals surface area contributed by atoms with Crippen LogP contribution in [0.3, 0.4) is 0 Å². The van der Waals surface area contributed by atoms with Crippen LogP contribution in [0.1, 0.15) is 6.42 Å². The first kappa shape index (κ1) is 12.0. The minimum atomic E-state index is 0.955. The second-order valence-corrected chi connectivity index (χ2v) is 5.18. The van der Waals surface area contributed by atoms with Gasteiger partial charge in [0, 0.05) is 5.69 Å². The molecule has 2 aromatic carbocycles. The largest absolute Gasteiger partial charge is 0.339 e. The number of allylic oxidation sites excluding steroid dienone is 5. The van der Waals surface area contributed by atoms with Gasteiger partial charge in [-0.25, -0.2) is 0 Å². The summed E-state index contributed by atoms with van der Waals surface area (Å²) in [7, 11) is 0. The van der Waals surface area contributed by atoms with Gasteiger partial charge in [-0.05, 0) is 36.3 Å². The summed E-state index contributed by atoms with van der Waals surface area (Å²) in [4.78, 5) is 2.30. The number of benzene rings is 2. The maximum atomic E-state index is 3.57. The number of fused-ring (bicyclic) bond motifs is 1. The molecular formula is C19H16N2. The van der Waals surface area contributed by atoms with Crippen molar-refractivity contribution in [2.45, 2.75) is 6.42 Å². The predicted molar refractivity (Wildman–Crippen MR) is 88.6 cm³/mol. The molecule has 0 amide bonds. The molecule has 102 valence electrons. The van der Waals surface area contributed by atoms with Gasteiger partial charge in [-0.3, -0.25) is 4.90 Å². The normalized spacial score (nSPS) is 19.5. The highest BCUT2D eigenvalue weighted by molar-refractivity contribution is 5.87. The van der Waals surface area contributed by atoms with E-state index in [2.05, 4.69) is 89.1 Å². The van der Waals surface area contributed by atoms with Crippen LogP contribution in [0.4, 0.5) is 17.1 Å². The van der Waals surface area contributed by atoms with Crippen molar-refractivity contribution in [3.8, 4) is 0 Å². The molecule has 1 aliphatic carbocycles. The number of nitrogens with zero attached hydrogens (tertiary/aromatic N) is 1. The lowest BCUT2D eigenvalue weighted by Gasteiger charge is -2.22. The summed E-state index contributed by atoms with van der Waals surface area (Å²) in [6, 6.07) is 18.9. The van der Waals surface area contributed by atoms with E-state index in [9.17, 15) is 0 Å². The highest BCUT2D eigenvalue weighted by atomic mass is 15.3. The van der Waals surface area contributed by atoms with Crippen LogP contribution in [0.2, 0.25) is 0 Å². The minimum Gasteiger partial charge on any atom is -0.339 e. The molecule has 0 saturated carbocycles. The van der Waals surface area contributed by atoms with Crippen molar-refractivity contribution in [3.05, 3.63) is 90.3 Å². The summed E-state index contributed by atoms with van der Waals surface area (Å²) in [5, 5.41) is 3.57. The third-order valence-corrected chi connectivity index (χ3v) is 3.82. The molecular weight excluding hydrogens is 256 g/mol. The Bertz CT molecular complexity index is 754. The molecule has 0 unspecified atom stereocenters. The van der Waals surface area contributed by atoms with Crippen molar-refractivity contribution in [2.24, 2.45) is 0 Å². The Balaban J connectivity index is 1.89. The van der Waals surface area contributed by atoms with Crippen molar-refractivity contribution in [3.63, 3.8) is 0 Å². The monoisotopic (exact) mass is 272 g/mol. The Morgan fingerprint density at radius 2 is 1.67 bits per heavy atom. The van der Waals surface area contributed by atoms with Gasteiger partial charge < -0.3 is 5.32 Å². The van der Waals surface area contributed by atoms with Gasteiger partial charge in [0.2, 0.25) is 0 Å². The standard InChI is InChI=1S/C19H16N2/c1-3-9-15(10-4-1)19-20-17-13-7-8-14-18(17)21(19)16-11-5-2-6-12-16/h1-9,11-14,20H,10H2. The summed E-state index contributed by atoms with van der Waals surface area (Å²) in [5.74, 6) is 1.16. The molecule has 0 aromatic heterocycles. The zero-order valence-corrected chi connectivity index (χ0v) is 11.7. The lowest BCUT2D eigenvalue weighted by molar-refractivity contribution is 1.13. The van der Waals surface area contributed by atoms with E-state index in [1.807, 2.05) is 0 Å². The first-order chi connectivity index (χ1) is 10.4. The van der Waals surface area contributed by atoms with Crippen LogP contribution >= 0.6 is 0 Å². The molecule has 0 radical (unpaired) electrons. The van der Waals surface area contributed by atoms with E-state index >= 15 is 0 Å². The fourth-order valence-corrected chi connectivity index (χ4v) is 2.84. The highest BCUT2D eigenvalue weighted by Gasteiger charge is 2.26. The molecule has 2 aliphatic rings. The van der Waals surface area contributed by atoms with Crippen LogP contribution in [0.25, 0.3) is 0 Å². The molecule has 0 bridgehead atoms. The molecule has 0 spiro atoms. The van der Waals surface area contributed by atoms with Crippen LogP contribution in [0.5, 0.6) is 0 Å². The molecule has 2 nitrogen and oxygen atoms in total. The van der Waals surface area contributed by atoms with Crippen LogP contribution in [-0.2, 0) is 0 Å². The zero-order chi connectivity index (χ0) is 14.1. The van der Waals surface area contributed by atoms with Crippen LogP contribution in [-0.4, -0.2) is 0 Å². The molecule has 1 N–H and O–H groups in total. The molecule has 0 fully saturated rings. The van der Waals surface area contributed by atoms with Crippen LogP contribution in [0.15, 0.2) is 90.3 Å². The molecule has 1 heterocycles. The van der Waals surface area contributed by atoms with E-state index in [-0.39, 0.29) is 0 Å². The molecule has 4 rings (SSSR count). The summed E-state index contributed by atoms with van der Waals surface area (Å²) < 4.78 is 0. The van der Waals surface area contributed by atoms with Gasteiger partial charge in [0.1, 0.15) is 5.82 Å². The van der Waals surface area contributed by atoms with E-state index in [0.717, 1.165) is 17.9 Å².